The van der Waals surface area contributed by atoms with Gasteiger partial charge in [0.1, 0.15) is 10.6 Å². The summed E-state index contributed by atoms with van der Waals surface area (Å²) in [7, 11) is -4.41. The molecule has 0 saturated carbocycles. The first-order chi connectivity index (χ1) is 13.3. The molecule has 0 spiro atoms. The molecule has 28 heavy (non-hydrogen) atoms. The highest BCUT2D eigenvalue weighted by atomic mass is 35.5. The van der Waals surface area contributed by atoms with Gasteiger partial charge in [0.25, 0.3) is 10.1 Å². The fourth-order valence-electron chi connectivity index (χ4n) is 2.89. The third-order valence-corrected chi connectivity index (χ3v) is 5.40. The molecule has 0 radical (unpaired) electrons. The second-order valence-electron chi connectivity index (χ2n) is 5.90. The number of nitrogens with two attached hydrogens (primary N) is 1. The van der Waals surface area contributed by atoms with Crippen molar-refractivity contribution in [2.75, 3.05) is 5.43 Å². The quantitative estimate of drug-likeness (QED) is 0.216. The van der Waals surface area contributed by atoms with Gasteiger partial charge in [-0.05, 0) is 22.9 Å². The van der Waals surface area contributed by atoms with Crippen molar-refractivity contribution in [1.29, 1.82) is 0 Å². The number of nitrogen functional groups attached to an aromatic ring is 1. The van der Waals surface area contributed by atoms with Crippen molar-refractivity contribution in [3.8, 4) is 5.75 Å². The molecule has 0 heterocycles. The van der Waals surface area contributed by atoms with Gasteiger partial charge in [0.05, 0.1) is 10.7 Å². The summed E-state index contributed by atoms with van der Waals surface area (Å²) >= 11 is 5.96. The second-order valence-corrected chi connectivity index (χ2v) is 7.66. The van der Waals surface area contributed by atoms with Gasteiger partial charge >= 0.3 is 0 Å². The Labute approximate surface area is 166 Å². The smallest absolute Gasteiger partial charge is 0.298 e. The van der Waals surface area contributed by atoms with E-state index in [1.54, 1.807) is 24.3 Å². The summed E-state index contributed by atoms with van der Waals surface area (Å²) in [5.41, 5.74) is 3.38. The van der Waals surface area contributed by atoms with Gasteiger partial charge in [-0.2, -0.15) is 8.42 Å². The third kappa shape index (κ3) is 4.02. The number of phenolic OH excluding ortho intramolecular Hbond substituents is 1. The zero-order chi connectivity index (χ0) is 20.3. The Hall–Kier alpha value is -2.84. The van der Waals surface area contributed by atoms with Gasteiger partial charge in [0.2, 0.25) is 0 Å². The predicted octanol–water partition coefficient (Wildman–Crippen LogP) is 4.57. The van der Waals surface area contributed by atoms with E-state index in [-0.39, 0.29) is 0 Å². The zero-order valence-corrected chi connectivity index (χ0v) is 16.1. The predicted molar refractivity (Wildman–Crippen MR) is 112 cm³/mol. The summed E-state index contributed by atoms with van der Waals surface area (Å²) in [5, 5.41) is 13.2. The molecule has 0 saturated heterocycles. The summed E-state index contributed by atoms with van der Waals surface area (Å²) < 4.78 is 31.1. The Morgan fingerprint density at radius 3 is 1.96 bits per heavy atom. The van der Waals surface area contributed by atoms with Crippen molar-refractivity contribution in [2.45, 2.75) is 4.90 Å². The van der Waals surface area contributed by atoms with Crippen molar-refractivity contribution in [3.63, 3.8) is 0 Å². The molecule has 4 aromatic rings. The van der Waals surface area contributed by atoms with Crippen LogP contribution in [0.15, 0.2) is 77.7 Å². The SMILES string of the molecule is NNc1c(Cl)ccc2ccccc12.O=S(=O)(O)c1c(O)ccc2ccccc12. The molecule has 0 bridgehead atoms. The molecule has 8 heteroatoms. The summed E-state index contributed by atoms with van der Waals surface area (Å²) in [5.74, 6) is 4.93. The first-order valence-electron chi connectivity index (χ1n) is 8.15. The van der Waals surface area contributed by atoms with Crippen LogP contribution in [0.2, 0.25) is 5.02 Å². The van der Waals surface area contributed by atoms with Crippen molar-refractivity contribution >= 4 is 49.0 Å². The Balaban J connectivity index is 0.000000162. The van der Waals surface area contributed by atoms with Crippen LogP contribution in [-0.4, -0.2) is 18.1 Å². The van der Waals surface area contributed by atoms with E-state index in [1.807, 2.05) is 36.4 Å². The maximum absolute atomic E-state index is 11.1. The van der Waals surface area contributed by atoms with E-state index in [4.69, 9.17) is 22.0 Å². The maximum Gasteiger partial charge on any atom is 0.298 e. The number of benzene rings is 4. The van der Waals surface area contributed by atoms with E-state index in [2.05, 4.69) is 5.43 Å². The van der Waals surface area contributed by atoms with Gasteiger partial charge in [-0.25, -0.2) is 0 Å². The summed E-state index contributed by atoms with van der Waals surface area (Å²) in [6, 6.07) is 21.2. The van der Waals surface area contributed by atoms with E-state index in [9.17, 15) is 13.5 Å². The lowest BCUT2D eigenvalue weighted by molar-refractivity contribution is 0.445. The Bertz CT molecular complexity index is 1260. The average Bonchev–Trinajstić information content (AvgIpc) is 2.67. The number of aromatic hydroxyl groups is 1. The molecule has 4 aromatic carbocycles. The van der Waals surface area contributed by atoms with E-state index in [1.165, 1.54) is 12.1 Å². The molecule has 0 fully saturated rings. The number of anilines is 1. The fraction of sp³-hybridized carbons (Fsp3) is 0. The van der Waals surface area contributed by atoms with Crippen molar-refractivity contribution < 1.29 is 18.1 Å². The Kier molecular flexibility index (Phi) is 5.71. The second kappa shape index (κ2) is 8.04. The molecule has 0 amide bonds. The number of fused-ring (bicyclic) bond motifs is 2. The molecule has 144 valence electrons. The number of hydrogen-bond donors (Lipinski definition) is 4. The van der Waals surface area contributed by atoms with Crippen LogP contribution in [0, 0.1) is 0 Å². The first kappa shape index (κ1) is 19.9. The number of nitrogens with one attached hydrogen (secondary N) is 1. The molecule has 6 nitrogen and oxygen atoms in total. The van der Waals surface area contributed by atoms with Crippen LogP contribution >= 0.6 is 11.6 Å². The molecule has 0 aliphatic carbocycles. The van der Waals surface area contributed by atoms with Crippen LogP contribution in [0.5, 0.6) is 5.75 Å². The Morgan fingerprint density at radius 1 is 0.821 bits per heavy atom. The summed E-state index contributed by atoms with van der Waals surface area (Å²) in [6.07, 6.45) is 0. The van der Waals surface area contributed by atoms with Crippen molar-refractivity contribution in [1.82, 2.24) is 0 Å². The van der Waals surface area contributed by atoms with Gasteiger partial charge in [-0.1, -0.05) is 72.3 Å². The minimum atomic E-state index is -4.41. The number of phenols is 1. The van der Waals surface area contributed by atoms with Gasteiger partial charge in [0.15, 0.2) is 0 Å². The van der Waals surface area contributed by atoms with Crippen LogP contribution in [0.4, 0.5) is 5.69 Å². The van der Waals surface area contributed by atoms with E-state index < -0.39 is 20.8 Å². The van der Waals surface area contributed by atoms with E-state index >= 15 is 0 Å². The molecule has 4 rings (SSSR count). The minimum Gasteiger partial charge on any atom is -0.506 e. The maximum atomic E-state index is 11.1. The average molecular weight is 417 g/mol. The third-order valence-electron chi connectivity index (χ3n) is 4.14. The standard InChI is InChI=1S/C10H9ClN2.C10H8O4S/c11-9-6-5-7-3-1-2-4-8(7)10(9)13-12;11-9-6-5-7-3-1-2-4-8(7)10(9)15(12,13)14/h1-6,13H,12H2;1-6,11H,(H,12,13,14). The molecule has 0 atom stereocenters. The van der Waals surface area contributed by atoms with Gasteiger partial charge < -0.3 is 10.5 Å². The van der Waals surface area contributed by atoms with Gasteiger partial charge in [-0.15, -0.1) is 0 Å². The molecule has 0 unspecified atom stereocenters. The lowest BCUT2D eigenvalue weighted by Crippen LogP contribution is -2.07. The molecular formula is C20H17ClN2O4S. The largest absolute Gasteiger partial charge is 0.506 e. The van der Waals surface area contributed by atoms with Crippen LogP contribution in [0.3, 0.4) is 0 Å². The van der Waals surface area contributed by atoms with Crippen LogP contribution in [-0.2, 0) is 10.1 Å². The van der Waals surface area contributed by atoms with Gasteiger partial charge in [-0.3, -0.25) is 10.4 Å². The number of rotatable bonds is 2. The lowest BCUT2D eigenvalue weighted by Gasteiger charge is -2.07. The molecule has 0 aromatic heterocycles. The van der Waals surface area contributed by atoms with Crippen LogP contribution < -0.4 is 11.3 Å². The zero-order valence-electron chi connectivity index (χ0n) is 14.5. The molecule has 5 N–H and O–H groups in total. The normalized spacial score (nSPS) is 11.1. The molecular weight excluding hydrogens is 400 g/mol. The summed E-state index contributed by atoms with van der Waals surface area (Å²) in [6.45, 7) is 0. The highest BCUT2D eigenvalue weighted by molar-refractivity contribution is 7.86. The monoisotopic (exact) mass is 416 g/mol. The van der Waals surface area contributed by atoms with E-state index in [0.717, 1.165) is 16.5 Å². The highest BCUT2D eigenvalue weighted by Gasteiger charge is 2.18. The minimum absolute atomic E-state index is 0.306. The molecule has 0 aliphatic heterocycles. The van der Waals surface area contributed by atoms with E-state index in [0.29, 0.717) is 15.8 Å². The number of halogens is 1. The Morgan fingerprint density at radius 2 is 1.36 bits per heavy atom. The number of hydrazine groups is 1. The topological polar surface area (TPSA) is 113 Å². The van der Waals surface area contributed by atoms with Crippen molar-refractivity contribution in [3.05, 3.63) is 77.8 Å². The highest BCUT2D eigenvalue weighted by Crippen LogP contribution is 2.31. The molecule has 0 aliphatic rings. The van der Waals surface area contributed by atoms with Crippen molar-refractivity contribution in [2.24, 2.45) is 5.84 Å². The fourth-order valence-corrected chi connectivity index (χ4v) is 3.91. The first-order valence-corrected chi connectivity index (χ1v) is 9.97. The van der Waals surface area contributed by atoms with Gasteiger partial charge in [0, 0.05) is 10.8 Å². The van der Waals surface area contributed by atoms with Crippen LogP contribution in [0.25, 0.3) is 21.5 Å². The van der Waals surface area contributed by atoms with Crippen LogP contribution in [0.1, 0.15) is 0 Å². The summed E-state index contributed by atoms with van der Waals surface area (Å²) in [4.78, 5) is -0.444. The number of hydrogen-bond acceptors (Lipinski definition) is 5. The lowest BCUT2D eigenvalue weighted by atomic mass is 10.1.